The van der Waals surface area contributed by atoms with Gasteiger partial charge in [0, 0.05) is 5.75 Å². The fourth-order valence-electron chi connectivity index (χ4n) is 1.22. The highest BCUT2D eigenvalue weighted by atomic mass is 32.2. The van der Waals surface area contributed by atoms with E-state index in [0.29, 0.717) is 11.3 Å². The molecule has 0 atom stereocenters. The first kappa shape index (κ1) is 11.1. The van der Waals surface area contributed by atoms with Crippen LogP contribution in [-0.4, -0.2) is 21.3 Å². The molecule has 0 spiro atoms. The van der Waals surface area contributed by atoms with E-state index >= 15 is 0 Å². The Morgan fingerprint density at radius 2 is 2.25 bits per heavy atom. The Balaban J connectivity index is 2.12. The predicted molar refractivity (Wildman–Crippen MR) is 62.9 cm³/mol. The highest BCUT2D eigenvalue weighted by molar-refractivity contribution is 8.00. The number of nitrogens with zero attached hydrogens (tertiary/aromatic N) is 2. The molecule has 0 aliphatic rings. The minimum Gasteiger partial charge on any atom is -0.478 e. The largest absolute Gasteiger partial charge is 0.478 e. The van der Waals surface area contributed by atoms with Gasteiger partial charge >= 0.3 is 5.97 Å². The predicted octanol–water partition coefficient (Wildman–Crippen LogP) is 2.53. The van der Waals surface area contributed by atoms with E-state index in [9.17, 15) is 4.79 Å². The van der Waals surface area contributed by atoms with E-state index in [4.69, 9.17) is 5.11 Å². The van der Waals surface area contributed by atoms with Crippen LogP contribution in [0.1, 0.15) is 15.9 Å². The maximum atomic E-state index is 10.9. The van der Waals surface area contributed by atoms with Crippen molar-refractivity contribution in [2.45, 2.75) is 10.1 Å². The van der Waals surface area contributed by atoms with Gasteiger partial charge in [-0.1, -0.05) is 41.3 Å². The highest BCUT2D eigenvalue weighted by Gasteiger charge is 2.09. The number of aromatic carboxylic acids is 1. The summed E-state index contributed by atoms with van der Waals surface area (Å²) in [7, 11) is 0. The quantitative estimate of drug-likeness (QED) is 0.847. The van der Waals surface area contributed by atoms with Gasteiger partial charge in [0.25, 0.3) is 0 Å². The molecule has 0 unspecified atom stereocenters. The summed E-state index contributed by atoms with van der Waals surface area (Å²) in [6.07, 6.45) is 0. The van der Waals surface area contributed by atoms with E-state index in [2.05, 4.69) is 10.2 Å². The van der Waals surface area contributed by atoms with Crippen molar-refractivity contribution in [3.63, 3.8) is 0 Å². The molecule has 0 bridgehead atoms. The summed E-state index contributed by atoms with van der Waals surface area (Å²) in [6.45, 7) is 0. The summed E-state index contributed by atoms with van der Waals surface area (Å²) in [5.74, 6) is -0.300. The van der Waals surface area contributed by atoms with E-state index in [1.807, 2.05) is 12.1 Å². The van der Waals surface area contributed by atoms with Gasteiger partial charge in [-0.2, -0.15) is 0 Å². The molecule has 16 heavy (non-hydrogen) atoms. The molecule has 0 saturated carbocycles. The van der Waals surface area contributed by atoms with E-state index < -0.39 is 5.97 Å². The number of thioether (sulfide) groups is 1. The molecule has 0 radical (unpaired) electrons. The maximum absolute atomic E-state index is 10.9. The first-order chi connectivity index (χ1) is 7.77. The molecule has 1 aromatic heterocycles. The van der Waals surface area contributed by atoms with Crippen molar-refractivity contribution in [1.82, 2.24) is 10.2 Å². The summed E-state index contributed by atoms with van der Waals surface area (Å²) in [6, 6.07) is 6.99. The van der Waals surface area contributed by atoms with E-state index in [-0.39, 0.29) is 0 Å². The zero-order chi connectivity index (χ0) is 11.4. The monoisotopic (exact) mass is 252 g/mol. The zero-order valence-corrected chi connectivity index (χ0v) is 9.79. The number of hydrogen-bond donors (Lipinski definition) is 1. The first-order valence-corrected chi connectivity index (χ1v) is 6.34. The number of hydrogen-bond acceptors (Lipinski definition) is 5. The van der Waals surface area contributed by atoms with Crippen molar-refractivity contribution in [2.24, 2.45) is 0 Å². The van der Waals surface area contributed by atoms with Crippen molar-refractivity contribution >= 4 is 29.1 Å². The lowest BCUT2D eigenvalue weighted by atomic mass is 10.1. The highest BCUT2D eigenvalue weighted by Crippen LogP contribution is 2.25. The first-order valence-electron chi connectivity index (χ1n) is 4.47. The molecular weight excluding hydrogens is 244 g/mol. The molecule has 0 fully saturated rings. The second kappa shape index (κ2) is 5.09. The molecule has 82 valence electrons. The lowest BCUT2D eigenvalue weighted by molar-refractivity contribution is 0.0696. The third-order valence-corrected chi connectivity index (χ3v) is 3.85. The summed E-state index contributed by atoms with van der Waals surface area (Å²) in [5.41, 5.74) is 2.81. The zero-order valence-electron chi connectivity index (χ0n) is 8.16. The van der Waals surface area contributed by atoms with Crippen LogP contribution in [0.4, 0.5) is 0 Å². The van der Waals surface area contributed by atoms with Crippen LogP contribution in [0.15, 0.2) is 34.1 Å². The van der Waals surface area contributed by atoms with E-state index in [1.165, 1.54) is 23.1 Å². The average Bonchev–Trinajstić information content (AvgIpc) is 2.79. The Bertz CT molecular complexity index is 485. The van der Waals surface area contributed by atoms with Crippen LogP contribution >= 0.6 is 23.1 Å². The van der Waals surface area contributed by atoms with Crippen LogP contribution in [0.3, 0.4) is 0 Å². The van der Waals surface area contributed by atoms with Crippen LogP contribution in [0.25, 0.3) is 0 Å². The van der Waals surface area contributed by atoms with Gasteiger partial charge in [-0.05, 0) is 11.6 Å². The topological polar surface area (TPSA) is 63.1 Å². The van der Waals surface area contributed by atoms with Crippen LogP contribution in [-0.2, 0) is 5.75 Å². The second-order valence-electron chi connectivity index (χ2n) is 2.96. The minimum absolute atomic E-state index is 0.347. The third-order valence-electron chi connectivity index (χ3n) is 1.94. The molecule has 1 N–H and O–H groups in total. The molecule has 2 aromatic rings. The van der Waals surface area contributed by atoms with E-state index in [0.717, 1.165) is 9.90 Å². The summed E-state index contributed by atoms with van der Waals surface area (Å²) in [5, 5.41) is 16.6. The maximum Gasteiger partial charge on any atom is 0.335 e. The standard InChI is InChI=1S/C10H8N2O2S2/c13-9(14)8-4-2-1-3-7(8)5-15-10-12-11-6-16-10/h1-4,6H,5H2,(H,13,14). The van der Waals surface area contributed by atoms with Crippen LogP contribution in [0, 0.1) is 0 Å². The fraction of sp³-hybridized carbons (Fsp3) is 0.100. The smallest absolute Gasteiger partial charge is 0.335 e. The lowest BCUT2D eigenvalue weighted by Crippen LogP contribution is -2.00. The molecular formula is C10H8N2O2S2. The van der Waals surface area contributed by atoms with Crippen molar-refractivity contribution in [3.05, 3.63) is 40.9 Å². The van der Waals surface area contributed by atoms with Gasteiger partial charge in [-0.3, -0.25) is 0 Å². The summed E-state index contributed by atoms with van der Waals surface area (Å²) >= 11 is 2.94. The van der Waals surface area contributed by atoms with Gasteiger partial charge < -0.3 is 5.11 Å². The van der Waals surface area contributed by atoms with Crippen LogP contribution in [0.5, 0.6) is 0 Å². The fourth-order valence-corrected chi connectivity index (χ4v) is 2.71. The Morgan fingerprint density at radius 1 is 1.44 bits per heavy atom. The normalized spacial score (nSPS) is 10.2. The van der Waals surface area contributed by atoms with Crippen molar-refractivity contribution in [2.75, 3.05) is 0 Å². The number of benzene rings is 1. The Labute approximate surface area is 100 Å². The number of aromatic nitrogens is 2. The molecule has 1 heterocycles. The molecule has 0 amide bonds. The van der Waals surface area contributed by atoms with Crippen molar-refractivity contribution < 1.29 is 9.90 Å². The Morgan fingerprint density at radius 3 is 2.94 bits per heavy atom. The van der Waals surface area contributed by atoms with Gasteiger partial charge in [-0.25, -0.2) is 4.79 Å². The summed E-state index contributed by atoms with van der Waals surface area (Å²) in [4.78, 5) is 10.9. The average molecular weight is 252 g/mol. The van der Waals surface area contributed by atoms with E-state index in [1.54, 1.807) is 17.6 Å². The Hall–Kier alpha value is -1.40. The molecule has 2 rings (SSSR count). The lowest BCUT2D eigenvalue weighted by Gasteiger charge is -2.03. The number of carboxylic acid groups (broad SMARTS) is 1. The summed E-state index contributed by atoms with van der Waals surface area (Å²) < 4.78 is 0.847. The number of carboxylic acids is 1. The van der Waals surface area contributed by atoms with Crippen LogP contribution < -0.4 is 0 Å². The molecule has 4 nitrogen and oxygen atoms in total. The Kier molecular flexibility index (Phi) is 3.53. The van der Waals surface area contributed by atoms with Gasteiger partial charge in [0.2, 0.25) is 0 Å². The molecule has 0 saturated heterocycles. The second-order valence-corrected chi connectivity index (χ2v) is 5.01. The van der Waals surface area contributed by atoms with Gasteiger partial charge in [0.15, 0.2) is 4.34 Å². The van der Waals surface area contributed by atoms with Crippen molar-refractivity contribution in [1.29, 1.82) is 0 Å². The SMILES string of the molecule is O=C(O)c1ccccc1CSc1nncs1. The minimum atomic E-state index is -0.895. The van der Waals surface area contributed by atoms with Gasteiger partial charge in [0.1, 0.15) is 5.51 Å². The number of carbonyl (C=O) groups is 1. The molecule has 1 aromatic carbocycles. The third kappa shape index (κ3) is 2.59. The molecule has 6 heteroatoms. The number of rotatable bonds is 4. The molecule has 0 aliphatic heterocycles. The van der Waals surface area contributed by atoms with Crippen LogP contribution in [0.2, 0.25) is 0 Å². The molecule has 0 aliphatic carbocycles. The van der Waals surface area contributed by atoms with Gasteiger partial charge in [0.05, 0.1) is 5.56 Å². The van der Waals surface area contributed by atoms with Gasteiger partial charge in [-0.15, -0.1) is 10.2 Å². The van der Waals surface area contributed by atoms with Crippen molar-refractivity contribution in [3.8, 4) is 0 Å².